The van der Waals surface area contributed by atoms with Crippen molar-refractivity contribution in [1.82, 2.24) is 10.6 Å². The monoisotopic (exact) mass is 252 g/mol. The molecule has 2 N–H and O–H groups in total. The second-order valence-electron chi connectivity index (χ2n) is 3.61. The van der Waals surface area contributed by atoms with Gasteiger partial charge in [0, 0.05) is 20.6 Å². The molecule has 1 unspecified atom stereocenters. The van der Waals surface area contributed by atoms with Crippen LogP contribution in [0.15, 0.2) is 37.0 Å². The third-order valence-electron chi connectivity index (χ3n) is 2.09. The van der Waals surface area contributed by atoms with Crippen LogP contribution in [-0.2, 0) is 14.3 Å². The van der Waals surface area contributed by atoms with Gasteiger partial charge in [-0.3, -0.25) is 9.59 Å². The summed E-state index contributed by atoms with van der Waals surface area (Å²) < 4.78 is 4.88. The van der Waals surface area contributed by atoms with E-state index in [-0.39, 0.29) is 18.4 Å². The molecule has 5 nitrogen and oxygen atoms in total. The predicted octanol–water partition coefficient (Wildman–Crippen LogP) is 0.552. The van der Waals surface area contributed by atoms with Crippen LogP contribution in [-0.4, -0.2) is 38.1 Å². The number of carbonyl (C=O) groups is 2. The van der Waals surface area contributed by atoms with Crippen LogP contribution in [0.5, 0.6) is 0 Å². The van der Waals surface area contributed by atoms with Gasteiger partial charge in [0.15, 0.2) is 0 Å². The number of hydrogen-bond donors (Lipinski definition) is 2. The first-order valence-electron chi connectivity index (χ1n) is 5.53. The first-order chi connectivity index (χ1) is 8.54. The highest BCUT2D eigenvalue weighted by molar-refractivity contribution is 5.87. The van der Waals surface area contributed by atoms with Crippen LogP contribution in [0.3, 0.4) is 0 Å². The van der Waals surface area contributed by atoms with E-state index in [4.69, 9.17) is 4.74 Å². The van der Waals surface area contributed by atoms with Crippen LogP contribution >= 0.6 is 0 Å². The fourth-order valence-corrected chi connectivity index (χ4v) is 1.26. The van der Waals surface area contributed by atoms with Crippen molar-refractivity contribution in [3.05, 3.63) is 37.0 Å². The number of methoxy groups -OCH3 is 1. The van der Waals surface area contributed by atoms with Gasteiger partial charge in [-0.2, -0.15) is 0 Å². The van der Waals surface area contributed by atoms with Crippen molar-refractivity contribution in [3.63, 3.8) is 0 Å². The number of hydrogen-bond acceptors (Lipinski definition) is 3. The molecule has 0 fully saturated rings. The second-order valence-corrected chi connectivity index (χ2v) is 3.61. The third-order valence-corrected chi connectivity index (χ3v) is 2.09. The molecule has 0 aromatic heterocycles. The molecule has 0 saturated carbocycles. The van der Waals surface area contributed by atoms with Crippen molar-refractivity contribution in [2.75, 3.05) is 20.3 Å². The summed E-state index contributed by atoms with van der Waals surface area (Å²) in [4.78, 5) is 22.7. The van der Waals surface area contributed by atoms with E-state index in [1.165, 1.54) is 14.0 Å². The molecular formula is C13H20N2O3. The number of nitrogens with one attached hydrogen (secondary N) is 2. The fraction of sp³-hybridized carbons (Fsp3) is 0.385. The lowest BCUT2D eigenvalue weighted by molar-refractivity contribution is -0.129. The van der Waals surface area contributed by atoms with Crippen LogP contribution in [0, 0.1) is 0 Å². The van der Waals surface area contributed by atoms with Crippen molar-refractivity contribution in [1.29, 1.82) is 0 Å². The van der Waals surface area contributed by atoms with Crippen LogP contribution < -0.4 is 10.6 Å². The summed E-state index contributed by atoms with van der Waals surface area (Å²) in [5.74, 6) is -0.582. The predicted molar refractivity (Wildman–Crippen MR) is 71.0 cm³/mol. The van der Waals surface area contributed by atoms with E-state index >= 15 is 0 Å². The molecular weight excluding hydrogens is 232 g/mol. The van der Waals surface area contributed by atoms with Crippen LogP contribution in [0.4, 0.5) is 0 Å². The zero-order valence-electron chi connectivity index (χ0n) is 10.9. The normalized spacial score (nSPS) is 12.4. The van der Waals surface area contributed by atoms with Gasteiger partial charge in [-0.25, -0.2) is 0 Å². The molecule has 0 aliphatic rings. The minimum atomic E-state index is -0.692. The van der Waals surface area contributed by atoms with Crippen molar-refractivity contribution in [3.8, 4) is 0 Å². The van der Waals surface area contributed by atoms with E-state index in [1.54, 1.807) is 18.2 Å². The molecule has 0 bridgehead atoms. The van der Waals surface area contributed by atoms with Crippen LogP contribution in [0.1, 0.15) is 6.92 Å². The van der Waals surface area contributed by atoms with Gasteiger partial charge < -0.3 is 15.4 Å². The molecule has 0 aliphatic heterocycles. The van der Waals surface area contributed by atoms with Crippen molar-refractivity contribution in [2.45, 2.75) is 13.0 Å². The molecule has 0 aliphatic carbocycles. The topological polar surface area (TPSA) is 67.4 Å². The van der Waals surface area contributed by atoms with Gasteiger partial charge >= 0.3 is 0 Å². The Labute approximate surface area is 108 Å². The lowest BCUT2D eigenvalue weighted by atomic mass is 10.2. The zero-order chi connectivity index (χ0) is 14.0. The van der Waals surface area contributed by atoms with Crippen LogP contribution in [0.25, 0.3) is 0 Å². The molecule has 18 heavy (non-hydrogen) atoms. The fourth-order valence-electron chi connectivity index (χ4n) is 1.26. The highest BCUT2D eigenvalue weighted by Gasteiger charge is 2.18. The van der Waals surface area contributed by atoms with Gasteiger partial charge in [-0.05, 0) is 5.57 Å². The Morgan fingerprint density at radius 1 is 1.39 bits per heavy atom. The minimum absolute atomic E-state index is 0.125. The first kappa shape index (κ1) is 16.1. The van der Waals surface area contributed by atoms with E-state index in [9.17, 15) is 9.59 Å². The van der Waals surface area contributed by atoms with E-state index in [1.807, 2.05) is 0 Å². The van der Waals surface area contributed by atoms with Gasteiger partial charge in [-0.15, -0.1) is 0 Å². The summed E-state index contributed by atoms with van der Waals surface area (Å²) >= 11 is 0. The Morgan fingerprint density at radius 2 is 2.06 bits per heavy atom. The largest absolute Gasteiger partial charge is 0.382 e. The molecule has 0 rings (SSSR count). The smallest absolute Gasteiger partial charge is 0.245 e. The third kappa shape index (κ3) is 6.65. The summed E-state index contributed by atoms with van der Waals surface area (Å²) in [6.07, 6.45) is 4.99. The number of allylic oxidation sites excluding steroid dienone is 2. The van der Waals surface area contributed by atoms with E-state index in [2.05, 4.69) is 23.8 Å². The Bertz CT molecular complexity index is 348. The Hall–Kier alpha value is -1.88. The Morgan fingerprint density at radius 3 is 2.50 bits per heavy atom. The highest BCUT2D eigenvalue weighted by Crippen LogP contribution is 1.95. The van der Waals surface area contributed by atoms with Gasteiger partial charge in [0.2, 0.25) is 11.8 Å². The van der Waals surface area contributed by atoms with Crippen molar-refractivity contribution < 1.29 is 14.3 Å². The minimum Gasteiger partial charge on any atom is -0.382 e. The quantitative estimate of drug-likeness (QED) is 0.620. The summed E-state index contributed by atoms with van der Waals surface area (Å²) in [7, 11) is 1.47. The molecule has 5 heteroatoms. The highest BCUT2D eigenvalue weighted by atomic mass is 16.5. The lowest BCUT2D eigenvalue weighted by Gasteiger charge is -2.16. The maximum absolute atomic E-state index is 11.8. The summed E-state index contributed by atoms with van der Waals surface area (Å²) in [5, 5.41) is 5.20. The molecule has 1 atom stereocenters. The van der Waals surface area contributed by atoms with Crippen molar-refractivity contribution in [2.24, 2.45) is 0 Å². The molecule has 100 valence electrons. The number of amides is 2. The lowest BCUT2D eigenvalue weighted by Crippen LogP contribution is -2.48. The van der Waals surface area contributed by atoms with Crippen molar-refractivity contribution >= 4 is 11.8 Å². The molecule has 2 amide bonds. The number of ether oxygens (including phenoxy) is 1. The Balaban J connectivity index is 4.41. The number of carbonyl (C=O) groups excluding carboxylic acids is 2. The maximum atomic E-state index is 11.8. The molecule has 0 heterocycles. The molecule has 0 aromatic carbocycles. The van der Waals surface area contributed by atoms with Gasteiger partial charge in [-0.1, -0.05) is 31.4 Å². The molecule has 0 spiro atoms. The average molecular weight is 252 g/mol. The standard InChI is InChI=1S/C13H20N2O3/c1-5-7-11(6-2)8-14-13(17)12(9-18-4)15-10(3)16/h5-7,12H,1-2,8-9H2,3-4H3,(H,14,17)(H,15,16). The SMILES string of the molecule is C=CC=C(C=C)CNC(=O)C(COC)NC(C)=O. The van der Waals surface area contributed by atoms with E-state index in [0.717, 1.165) is 5.57 Å². The van der Waals surface area contributed by atoms with Gasteiger partial charge in [0.25, 0.3) is 0 Å². The summed E-state index contributed by atoms with van der Waals surface area (Å²) in [6.45, 7) is 8.99. The zero-order valence-corrected chi connectivity index (χ0v) is 10.9. The second kappa shape index (κ2) is 9.18. The molecule has 0 aromatic rings. The van der Waals surface area contributed by atoms with Gasteiger partial charge in [0.05, 0.1) is 6.61 Å². The summed E-state index contributed by atoms with van der Waals surface area (Å²) in [6, 6.07) is -0.692. The average Bonchev–Trinajstić information content (AvgIpc) is 2.33. The molecule has 0 saturated heterocycles. The Kier molecular flexibility index (Phi) is 8.22. The maximum Gasteiger partial charge on any atom is 0.245 e. The van der Waals surface area contributed by atoms with Gasteiger partial charge in [0.1, 0.15) is 6.04 Å². The van der Waals surface area contributed by atoms with Crippen LogP contribution in [0.2, 0.25) is 0 Å². The summed E-state index contributed by atoms with van der Waals surface area (Å²) in [5.41, 5.74) is 0.831. The van der Waals surface area contributed by atoms with E-state index in [0.29, 0.717) is 6.54 Å². The molecule has 0 radical (unpaired) electrons. The van der Waals surface area contributed by atoms with E-state index < -0.39 is 6.04 Å². The first-order valence-corrected chi connectivity index (χ1v) is 5.53. The number of rotatable bonds is 8.